The molecule has 0 aliphatic carbocycles. The zero-order valence-corrected chi connectivity index (χ0v) is 11.3. The van der Waals surface area contributed by atoms with Crippen LogP contribution in [0.2, 0.25) is 10.0 Å². The molecule has 1 amide bonds. The first-order valence-corrected chi connectivity index (χ1v) is 5.76. The molecule has 0 unspecified atom stereocenters. The number of rotatable bonds is 3. The highest BCUT2D eigenvalue weighted by Gasteiger charge is 2.14. The first-order valence-electron chi connectivity index (χ1n) is 5.00. The van der Waals surface area contributed by atoms with Crippen molar-refractivity contribution < 1.29 is 14.7 Å². The van der Waals surface area contributed by atoms with Crippen LogP contribution in [0, 0.1) is 0 Å². The number of carbonyl (C=O) groups is 2. The summed E-state index contributed by atoms with van der Waals surface area (Å²) in [5.41, 5.74) is 0.427. The van der Waals surface area contributed by atoms with Gasteiger partial charge in [-0.3, -0.25) is 4.79 Å². The largest absolute Gasteiger partial charge is 0.478 e. The van der Waals surface area contributed by atoms with E-state index in [0.717, 1.165) is 0 Å². The van der Waals surface area contributed by atoms with E-state index >= 15 is 0 Å². The van der Waals surface area contributed by atoms with Crippen molar-refractivity contribution in [3.05, 3.63) is 39.4 Å². The van der Waals surface area contributed by atoms with Gasteiger partial charge in [0.25, 0.3) is 5.91 Å². The van der Waals surface area contributed by atoms with Crippen LogP contribution in [0.5, 0.6) is 0 Å². The number of anilines is 1. The van der Waals surface area contributed by atoms with Gasteiger partial charge < -0.3 is 10.4 Å². The van der Waals surface area contributed by atoms with E-state index in [1.54, 1.807) is 18.2 Å². The molecule has 0 saturated carbocycles. The third-order valence-corrected chi connectivity index (χ3v) is 3.24. The molecule has 0 bridgehead atoms. The molecule has 0 spiro atoms. The van der Waals surface area contributed by atoms with Crippen molar-refractivity contribution in [1.29, 1.82) is 0 Å². The molecule has 18 heavy (non-hydrogen) atoms. The molecule has 0 aliphatic rings. The van der Waals surface area contributed by atoms with Crippen molar-refractivity contribution in [2.45, 2.75) is 13.8 Å². The van der Waals surface area contributed by atoms with Crippen LogP contribution in [-0.4, -0.2) is 17.0 Å². The minimum absolute atomic E-state index is 0.0225. The summed E-state index contributed by atoms with van der Waals surface area (Å²) in [4.78, 5) is 22.5. The minimum Gasteiger partial charge on any atom is -0.478 e. The van der Waals surface area contributed by atoms with E-state index < -0.39 is 11.9 Å². The zero-order valence-electron chi connectivity index (χ0n) is 9.75. The normalized spacial score (nSPS) is 11.8. The van der Waals surface area contributed by atoms with E-state index in [2.05, 4.69) is 5.32 Å². The van der Waals surface area contributed by atoms with Crippen LogP contribution < -0.4 is 5.32 Å². The van der Waals surface area contributed by atoms with Gasteiger partial charge in [0, 0.05) is 11.1 Å². The summed E-state index contributed by atoms with van der Waals surface area (Å²) in [6.07, 6.45) is 0. The minimum atomic E-state index is -1.14. The molecule has 1 aromatic carbocycles. The summed E-state index contributed by atoms with van der Waals surface area (Å²) in [7, 11) is 0. The summed E-state index contributed by atoms with van der Waals surface area (Å²) >= 11 is 11.7. The molecular formula is C12H11Cl2NO3. The molecule has 6 heteroatoms. The third kappa shape index (κ3) is 3.24. The van der Waals surface area contributed by atoms with Gasteiger partial charge in [-0.25, -0.2) is 4.79 Å². The first kappa shape index (κ1) is 14.5. The molecule has 0 heterocycles. The van der Waals surface area contributed by atoms with Crippen LogP contribution in [0.4, 0.5) is 5.69 Å². The van der Waals surface area contributed by atoms with Gasteiger partial charge >= 0.3 is 5.97 Å². The fraction of sp³-hybridized carbons (Fsp3) is 0.167. The predicted molar refractivity (Wildman–Crippen MR) is 71.1 cm³/mol. The number of carbonyl (C=O) groups excluding carboxylic acids is 1. The number of hydrogen-bond acceptors (Lipinski definition) is 2. The van der Waals surface area contributed by atoms with Crippen molar-refractivity contribution in [2.24, 2.45) is 0 Å². The molecule has 96 valence electrons. The van der Waals surface area contributed by atoms with Crippen LogP contribution >= 0.6 is 23.2 Å². The molecule has 0 saturated heterocycles. The Morgan fingerprint density at radius 3 is 2.33 bits per heavy atom. The first-order chi connectivity index (χ1) is 8.34. The second-order valence-electron chi connectivity index (χ2n) is 3.61. The summed E-state index contributed by atoms with van der Waals surface area (Å²) in [5.74, 6) is -1.67. The Balaban J connectivity index is 2.99. The van der Waals surface area contributed by atoms with Crippen molar-refractivity contribution in [1.82, 2.24) is 0 Å². The number of amides is 1. The zero-order chi connectivity index (χ0) is 13.9. The maximum atomic E-state index is 11.8. The Morgan fingerprint density at radius 2 is 1.78 bits per heavy atom. The van der Waals surface area contributed by atoms with Gasteiger partial charge in [0.05, 0.1) is 15.7 Å². The smallest absolute Gasteiger partial charge is 0.331 e. The molecule has 0 fully saturated rings. The number of nitrogens with one attached hydrogen (secondary N) is 1. The lowest BCUT2D eigenvalue weighted by atomic mass is 10.1. The molecule has 0 radical (unpaired) electrons. The lowest BCUT2D eigenvalue weighted by Crippen LogP contribution is -2.16. The molecule has 1 rings (SSSR count). The SMILES string of the molecule is C/C(C(=O)O)=C(\C)C(=O)Nc1cccc(Cl)c1Cl. The van der Waals surface area contributed by atoms with Gasteiger partial charge in [-0.15, -0.1) is 0 Å². The Kier molecular flexibility index (Phi) is 4.76. The Labute approximate surface area is 114 Å². The average molecular weight is 288 g/mol. The van der Waals surface area contributed by atoms with Gasteiger partial charge in [-0.1, -0.05) is 29.3 Å². The summed E-state index contributed by atoms with van der Waals surface area (Å²) < 4.78 is 0. The molecule has 4 nitrogen and oxygen atoms in total. The van der Waals surface area contributed by atoms with E-state index in [1.165, 1.54) is 13.8 Å². The number of aliphatic carboxylic acids is 1. The summed E-state index contributed by atoms with van der Waals surface area (Å²) in [6, 6.07) is 4.80. The Morgan fingerprint density at radius 1 is 1.17 bits per heavy atom. The standard InChI is InChI=1S/C12H11Cl2NO3/c1-6(7(2)12(17)18)11(16)15-9-5-3-4-8(13)10(9)14/h3-5H,1-2H3,(H,15,16)(H,17,18)/b7-6-. The molecule has 0 atom stereocenters. The van der Waals surface area contributed by atoms with Gasteiger partial charge in [-0.05, 0) is 26.0 Å². The monoisotopic (exact) mass is 287 g/mol. The Hall–Kier alpha value is -1.52. The number of carboxylic acids is 1. The average Bonchev–Trinajstić information content (AvgIpc) is 2.32. The maximum Gasteiger partial charge on any atom is 0.331 e. The summed E-state index contributed by atoms with van der Waals surface area (Å²) in [6.45, 7) is 2.79. The number of benzene rings is 1. The fourth-order valence-electron chi connectivity index (χ4n) is 1.15. The number of hydrogen-bond donors (Lipinski definition) is 2. The fourth-order valence-corrected chi connectivity index (χ4v) is 1.49. The predicted octanol–water partition coefficient (Wildman–Crippen LogP) is 3.35. The lowest BCUT2D eigenvalue weighted by molar-refractivity contribution is -0.133. The number of carboxylic acid groups (broad SMARTS) is 1. The van der Waals surface area contributed by atoms with Crippen molar-refractivity contribution in [3.8, 4) is 0 Å². The van der Waals surface area contributed by atoms with Gasteiger partial charge in [0.2, 0.25) is 0 Å². The van der Waals surface area contributed by atoms with E-state index in [-0.39, 0.29) is 16.2 Å². The van der Waals surface area contributed by atoms with Crippen LogP contribution in [-0.2, 0) is 9.59 Å². The highest BCUT2D eigenvalue weighted by Crippen LogP contribution is 2.29. The van der Waals surface area contributed by atoms with E-state index in [4.69, 9.17) is 28.3 Å². The lowest BCUT2D eigenvalue weighted by Gasteiger charge is -2.09. The van der Waals surface area contributed by atoms with Gasteiger partial charge in [0.1, 0.15) is 0 Å². The molecule has 1 aromatic rings. The highest BCUT2D eigenvalue weighted by molar-refractivity contribution is 6.44. The van der Waals surface area contributed by atoms with E-state index in [0.29, 0.717) is 10.7 Å². The van der Waals surface area contributed by atoms with Crippen LogP contribution in [0.3, 0.4) is 0 Å². The molecular weight excluding hydrogens is 277 g/mol. The van der Waals surface area contributed by atoms with E-state index in [9.17, 15) is 9.59 Å². The van der Waals surface area contributed by atoms with Gasteiger partial charge in [-0.2, -0.15) is 0 Å². The second kappa shape index (κ2) is 5.89. The van der Waals surface area contributed by atoms with Crippen LogP contribution in [0.15, 0.2) is 29.3 Å². The van der Waals surface area contributed by atoms with Crippen LogP contribution in [0.1, 0.15) is 13.8 Å². The van der Waals surface area contributed by atoms with E-state index in [1.807, 2.05) is 0 Å². The highest BCUT2D eigenvalue weighted by atomic mass is 35.5. The van der Waals surface area contributed by atoms with Crippen LogP contribution in [0.25, 0.3) is 0 Å². The number of halogens is 2. The van der Waals surface area contributed by atoms with Crippen molar-refractivity contribution in [3.63, 3.8) is 0 Å². The third-order valence-electron chi connectivity index (χ3n) is 2.42. The maximum absolute atomic E-state index is 11.8. The molecule has 0 aliphatic heterocycles. The summed E-state index contributed by atoms with van der Waals surface area (Å²) in [5, 5.41) is 11.8. The molecule has 0 aromatic heterocycles. The van der Waals surface area contributed by atoms with Crippen molar-refractivity contribution in [2.75, 3.05) is 5.32 Å². The quantitative estimate of drug-likeness (QED) is 0.838. The van der Waals surface area contributed by atoms with Gasteiger partial charge in [0.15, 0.2) is 0 Å². The second-order valence-corrected chi connectivity index (χ2v) is 4.40. The Bertz CT molecular complexity index is 538. The van der Waals surface area contributed by atoms with Crippen molar-refractivity contribution >= 4 is 40.8 Å². The topological polar surface area (TPSA) is 66.4 Å². The molecule has 2 N–H and O–H groups in total.